The smallest absolute Gasteiger partial charge is 0.407 e. The number of ether oxygens (including phenoxy) is 4. The number of nitrogens with zero attached hydrogens (tertiary/aromatic N) is 1. The van der Waals surface area contributed by atoms with E-state index in [2.05, 4.69) is 39.2 Å². The largest absolute Gasteiger partial charge is 0.489 e. The predicted octanol–water partition coefficient (Wildman–Crippen LogP) is 7.28. The maximum atomic E-state index is 14.3. The summed E-state index contributed by atoms with van der Waals surface area (Å²) < 4.78 is 59.2. The van der Waals surface area contributed by atoms with E-state index in [4.69, 9.17) is 23.4 Å². The van der Waals surface area contributed by atoms with Crippen molar-refractivity contribution < 1.29 is 41.7 Å². The quantitative estimate of drug-likeness (QED) is 0.128. The molecule has 55 heavy (non-hydrogen) atoms. The summed E-state index contributed by atoms with van der Waals surface area (Å²) in [5, 5.41) is 14.8. The van der Waals surface area contributed by atoms with Crippen LogP contribution in [0.3, 0.4) is 0 Å². The van der Waals surface area contributed by atoms with Gasteiger partial charge in [0, 0.05) is 13.1 Å². The molecule has 1 amide bonds. The lowest BCUT2D eigenvalue weighted by atomic mass is 10.0. The van der Waals surface area contributed by atoms with Crippen LogP contribution in [-0.4, -0.2) is 83.1 Å². The van der Waals surface area contributed by atoms with Crippen molar-refractivity contribution >= 4 is 24.4 Å². The van der Waals surface area contributed by atoms with Gasteiger partial charge in [0.25, 0.3) is 0 Å². The number of carbonyl (C=O) groups excluding carboxylic acids is 1. The summed E-state index contributed by atoms with van der Waals surface area (Å²) in [6, 6.07) is 23.2. The molecule has 6 atom stereocenters. The molecule has 0 bridgehead atoms. The highest BCUT2D eigenvalue weighted by Crippen LogP contribution is 2.37. The number of rotatable bonds is 18. The van der Waals surface area contributed by atoms with E-state index in [0.717, 1.165) is 29.5 Å². The second-order valence-corrected chi connectivity index (χ2v) is 23.2. The molecule has 0 aromatic heterocycles. The number of aliphatic hydroxyl groups excluding tert-OH is 1. The summed E-state index contributed by atoms with van der Waals surface area (Å²) in [7, 11) is -6.03. The van der Waals surface area contributed by atoms with Crippen LogP contribution in [-0.2, 0) is 48.3 Å². The van der Waals surface area contributed by atoms with Crippen molar-refractivity contribution in [1.29, 1.82) is 0 Å². The van der Waals surface area contributed by atoms with Crippen LogP contribution >= 0.6 is 0 Å². The highest BCUT2D eigenvalue weighted by molar-refractivity contribution is 7.89. The molecule has 0 radical (unpaired) electrons. The zero-order valence-corrected chi connectivity index (χ0v) is 35.2. The van der Waals surface area contributed by atoms with E-state index in [1.807, 2.05) is 68.4 Å². The van der Waals surface area contributed by atoms with E-state index in [1.54, 1.807) is 24.3 Å². The van der Waals surface area contributed by atoms with Gasteiger partial charge in [-0.1, -0.05) is 95.6 Å². The van der Waals surface area contributed by atoms with Gasteiger partial charge in [-0.05, 0) is 77.8 Å². The predicted molar refractivity (Wildman–Crippen MR) is 215 cm³/mol. The average Bonchev–Trinajstić information content (AvgIpc) is 3.78. The third kappa shape index (κ3) is 11.6. The average molecular weight is 797 g/mol. The summed E-state index contributed by atoms with van der Waals surface area (Å²) in [5.74, 6) is 0.636. The minimum Gasteiger partial charge on any atom is -0.489 e. The number of nitrogens with one attached hydrogen (secondary N) is 1. The second-order valence-electron chi connectivity index (χ2n) is 16.4. The van der Waals surface area contributed by atoms with Crippen molar-refractivity contribution in [2.24, 2.45) is 11.8 Å². The number of aliphatic hydroxyl groups is 1. The molecule has 302 valence electrons. The van der Waals surface area contributed by atoms with Gasteiger partial charge in [0.2, 0.25) is 10.0 Å². The molecular formula is C42H60N2O9SSi. The molecule has 3 aromatic carbocycles. The normalized spacial score (nSPS) is 20.5. The van der Waals surface area contributed by atoms with Crippen molar-refractivity contribution in [3.8, 4) is 5.75 Å². The third-order valence-electron chi connectivity index (χ3n) is 11.2. The van der Waals surface area contributed by atoms with Crippen molar-refractivity contribution in [3.05, 3.63) is 95.6 Å². The van der Waals surface area contributed by atoms with Crippen LogP contribution in [0.25, 0.3) is 0 Å². The molecule has 3 aromatic rings. The summed E-state index contributed by atoms with van der Waals surface area (Å²) in [4.78, 5) is 13.5. The maximum absolute atomic E-state index is 14.3. The van der Waals surface area contributed by atoms with Crippen LogP contribution < -0.4 is 10.1 Å². The molecule has 13 heteroatoms. The van der Waals surface area contributed by atoms with Gasteiger partial charge in [0.05, 0.1) is 42.8 Å². The second kappa shape index (κ2) is 18.8. The van der Waals surface area contributed by atoms with Crippen LogP contribution in [0.2, 0.25) is 18.1 Å². The summed E-state index contributed by atoms with van der Waals surface area (Å²) in [5.41, 5.74) is 2.75. The Bertz CT molecular complexity index is 1770. The third-order valence-corrected chi connectivity index (χ3v) is 17.5. The molecule has 2 aliphatic heterocycles. The Morgan fingerprint density at radius 3 is 2.25 bits per heavy atom. The molecule has 0 saturated carbocycles. The summed E-state index contributed by atoms with van der Waals surface area (Å²) in [6.07, 6.45) is -1.18. The van der Waals surface area contributed by atoms with Crippen molar-refractivity contribution in [1.82, 2.24) is 9.62 Å². The van der Waals surface area contributed by atoms with Gasteiger partial charge in [-0.3, -0.25) is 0 Å². The van der Waals surface area contributed by atoms with Gasteiger partial charge in [0.15, 0.2) is 14.6 Å². The molecule has 0 aliphatic carbocycles. The lowest BCUT2D eigenvalue weighted by molar-refractivity contribution is -0.0907. The Morgan fingerprint density at radius 2 is 1.60 bits per heavy atom. The van der Waals surface area contributed by atoms with Gasteiger partial charge in [0.1, 0.15) is 18.5 Å². The Hall–Kier alpha value is -3.30. The van der Waals surface area contributed by atoms with Gasteiger partial charge >= 0.3 is 6.09 Å². The van der Waals surface area contributed by atoms with E-state index in [1.165, 1.54) is 4.31 Å². The number of benzene rings is 3. The highest BCUT2D eigenvalue weighted by atomic mass is 32.2. The number of amides is 1. The first kappa shape index (κ1) is 42.8. The van der Waals surface area contributed by atoms with E-state index < -0.39 is 42.7 Å². The fourth-order valence-electron chi connectivity index (χ4n) is 6.34. The van der Waals surface area contributed by atoms with Crippen LogP contribution in [0.4, 0.5) is 4.79 Å². The monoisotopic (exact) mass is 796 g/mol. The summed E-state index contributed by atoms with van der Waals surface area (Å²) >= 11 is 0. The number of fused-ring (bicyclic) bond motifs is 1. The van der Waals surface area contributed by atoms with E-state index in [-0.39, 0.29) is 54.2 Å². The van der Waals surface area contributed by atoms with E-state index in [9.17, 15) is 18.3 Å². The maximum Gasteiger partial charge on any atom is 0.407 e. The molecule has 5 rings (SSSR count). The van der Waals surface area contributed by atoms with Crippen molar-refractivity contribution in [2.45, 2.75) is 115 Å². The van der Waals surface area contributed by atoms with E-state index >= 15 is 0 Å². The van der Waals surface area contributed by atoms with Gasteiger partial charge < -0.3 is 33.8 Å². The number of sulfonamides is 1. The first-order valence-corrected chi connectivity index (χ1v) is 23.8. The van der Waals surface area contributed by atoms with Crippen LogP contribution in [0.1, 0.15) is 64.2 Å². The molecule has 2 saturated heterocycles. The molecule has 2 fully saturated rings. The molecule has 2 aliphatic rings. The number of alkyl carbamates (subject to hydrolysis) is 1. The van der Waals surface area contributed by atoms with Gasteiger partial charge in [-0.15, -0.1) is 0 Å². The zero-order chi connectivity index (χ0) is 39.8. The molecule has 11 nitrogen and oxygen atoms in total. The van der Waals surface area contributed by atoms with Gasteiger partial charge in [-0.25, -0.2) is 13.2 Å². The molecular weight excluding hydrogens is 737 g/mol. The molecule has 2 N–H and O–H groups in total. The summed E-state index contributed by atoms with van der Waals surface area (Å²) in [6.45, 7) is 16.4. The SMILES string of the molecule is CC[C@H](C)CN(C[C@@H](O)[C@H](Cc1ccc(OCc2ccccc2)cc1)NC(=O)O[C@H]1CO[C@H]2OCC[C@H]21)S(=O)(=O)c1ccc(CO[Si](C)(C)C(C)(C)C)cc1. The Labute approximate surface area is 328 Å². The number of carbonyl (C=O) groups is 1. The number of hydrogen-bond acceptors (Lipinski definition) is 9. The minimum absolute atomic E-state index is 0.0167. The zero-order valence-electron chi connectivity index (χ0n) is 33.4. The molecule has 0 spiro atoms. The topological polar surface area (TPSA) is 133 Å². The lowest BCUT2D eigenvalue weighted by Crippen LogP contribution is -2.51. The van der Waals surface area contributed by atoms with Gasteiger partial charge in [-0.2, -0.15) is 4.31 Å². The molecule has 0 unspecified atom stereocenters. The Morgan fingerprint density at radius 1 is 0.945 bits per heavy atom. The fraction of sp³-hybridized carbons (Fsp3) is 0.548. The van der Waals surface area contributed by atoms with Crippen LogP contribution in [0.5, 0.6) is 5.75 Å². The van der Waals surface area contributed by atoms with Crippen molar-refractivity contribution in [2.75, 3.05) is 26.3 Å². The highest BCUT2D eigenvalue weighted by Gasteiger charge is 2.44. The fourth-order valence-corrected chi connectivity index (χ4v) is 8.88. The Kier molecular flexibility index (Phi) is 14.6. The Balaban J connectivity index is 1.32. The minimum atomic E-state index is -4.03. The van der Waals surface area contributed by atoms with E-state index in [0.29, 0.717) is 25.6 Å². The lowest BCUT2D eigenvalue weighted by Gasteiger charge is -2.36. The van der Waals surface area contributed by atoms with Crippen LogP contribution in [0, 0.1) is 11.8 Å². The van der Waals surface area contributed by atoms with Crippen LogP contribution in [0.15, 0.2) is 83.8 Å². The molecule has 2 heterocycles. The number of hydrogen-bond donors (Lipinski definition) is 2. The first-order chi connectivity index (χ1) is 26.1. The van der Waals surface area contributed by atoms with Crippen molar-refractivity contribution in [3.63, 3.8) is 0 Å². The standard InChI is InChI=1S/C42H60N2O9SSi/c1-8-30(2)25-44(54(47,48)35-20-16-33(17-21-35)28-52-55(6,7)42(3,4)5)26-38(45)37(43-41(46)53-39-29-51-40-36(39)22-23-49-40)24-31-14-18-34(19-15-31)50-27-32-12-10-9-11-13-32/h9-21,30,36-40,45H,8,22-29H2,1-7H3,(H,43,46)/t30-,36-,37-,38+,39-,40+/m0/s1. The first-order valence-electron chi connectivity index (χ1n) is 19.4.